The third kappa shape index (κ3) is 3.35. The van der Waals surface area contributed by atoms with Crippen LogP contribution in [0, 0.1) is 5.92 Å². The normalized spacial score (nSPS) is 28.2. The van der Waals surface area contributed by atoms with Gasteiger partial charge in [0, 0.05) is 19.1 Å². The zero-order valence-corrected chi connectivity index (χ0v) is 10.8. The Morgan fingerprint density at radius 2 is 2.12 bits per heavy atom. The molecule has 0 spiro atoms. The first-order chi connectivity index (χ1) is 8.16. The van der Waals surface area contributed by atoms with Crippen molar-refractivity contribution in [2.45, 2.75) is 57.5 Å². The number of carbonyl (C=O) groups excluding carboxylic acids is 1. The van der Waals surface area contributed by atoms with Gasteiger partial charge in [-0.3, -0.25) is 0 Å². The van der Waals surface area contributed by atoms with Crippen LogP contribution in [-0.2, 0) is 0 Å². The summed E-state index contributed by atoms with van der Waals surface area (Å²) < 4.78 is 0. The monoisotopic (exact) mass is 239 g/mol. The van der Waals surface area contributed by atoms with Crippen molar-refractivity contribution in [2.24, 2.45) is 11.7 Å². The van der Waals surface area contributed by atoms with Crippen molar-refractivity contribution >= 4 is 6.03 Å². The van der Waals surface area contributed by atoms with Crippen LogP contribution in [0.25, 0.3) is 0 Å². The van der Waals surface area contributed by atoms with E-state index in [1.54, 1.807) is 0 Å². The van der Waals surface area contributed by atoms with Gasteiger partial charge in [-0.1, -0.05) is 19.3 Å². The van der Waals surface area contributed by atoms with Crippen LogP contribution in [0.4, 0.5) is 4.79 Å². The Morgan fingerprint density at radius 1 is 1.41 bits per heavy atom. The van der Waals surface area contributed by atoms with Gasteiger partial charge in [0.25, 0.3) is 0 Å². The topological polar surface area (TPSA) is 58.4 Å². The minimum absolute atomic E-state index is 0.112. The molecule has 0 aromatic rings. The predicted octanol–water partition coefficient (Wildman–Crippen LogP) is 1.70. The Morgan fingerprint density at radius 3 is 2.76 bits per heavy atom. The first kappa shape index (κ1) is 12.7. The molecule has 0 aromatic heterocycles. The predicted molar refractivity (Wildman–Crippen MR) is 68.7 cm³/mol. The molecule has 1 heterocycles. The van der Waals surface area contributed by atoms with E-state index in [0.29, 0.717) is 12.0 Å². The average Bonchev–Trinajstić information content (AvgIpc) is 2.69. The van der Waals surface area contributed by atoms with E-state index < -0.39 is 0 Å². The molecule has 1 saturated carbocycles. The molecule has 1 saturated heterocycles. The molecule has 2 atom stereocenters. The molecule has 0 bridgehead atoms. The SMILES string of the molecule is CC(N)CCN1CC(C2CCCCC2)NC1=O. The number of hydrogen-bond acceptors (Lipinski definition) is 2. The number of nitrogens with zero attached hydrogens (tertiary/aromatic N) is 1. The zero-order chi connectivity index (χ0) is 12.3. The second-order valence-corrected chi connectivity index (χ2v) is 5.67. The fourth-order valence-electron chi connectivity index (χ4n) is 2.97. The van der Waals surface area contributed by atoms with Gasteiger partial charge in [-0.2, -0.15) is 0 Å². The van der Waals surface area contributed by atoms with Gasteiger partial charge in [0.15, 0.2) is 0 Å². The van der Waals surface area contributed by atoms with Crippen molar-refractivity contribution in [1.29, 1.82) is 0 Å². The Kier molecular flexibility index (Phi) is 4.26. The second-order valence-electron chi connectivity index (χ2n) is 5.67. The summed E-state index contributed by atoms with van der Waals surface area (Å²) in [5.41, 5.74) is 5.74. The molecule has 2 amide bonds. The van der Waals surface area contributed by atoms with Crippen LogP contribution in [0.2, 0.25) is 0 Å². The fourth-order valence-corrected chi connectivity index (χ4v) is 2.97. The molecule has 98 valence electrons. The lowest BCUT2D eigenvalue weighted by atomic mass is 9.84. The maximum atomic E-state index is 11.8. The van der Waals surface area contributed by atoms with Crippen molar-refractivity contribution in [1.82, 2.24) is 10.2 Å². The van der Waals surface area contributed by atoms with Crippen molar-refractivity contribution < 1.29 is 4.79 Å². The summed E-state index contributed by atoms with van der Waals surface area (Å²) in [6.07, 6.45) is 7.49. The van der Waals surface area contributed by atoms with Gasteiger partial charge >= 0.3 is 6.03 Å². The highest BCUT2D eigenvalue weighted by Crippen LogP contribution is 2.28. The number of amides is 2. The smallest absolute Gasteiger partial charge is 0.317 e. The minimum atomic E-state index is 0.112. The highest BCUT2D eigenvalue weighted by molar-refractivity contribution is 5.76. The van der Waals surface area contributed by atoms with Crippen LogP contribution < -0.4 is 11.1 Å². The summed E-state index contributed by atoms with van der Waals surface area (Å²) in [6.45, 7) is 3.68. The summed E-state index contributed by atoms with van der Waals surface area (Å²) in [6, 6.07) is 0.675. The maximum absolute atomic E-state index is 11.8. The van der Waals surface area contributed by atoms with Crippen molar-refractivity contribution in [3.8, 4) is 0 Å². The summed E-state index contributed by atoms with van der Waals surface area (Å²) in [5, 5.41) is 3.14. The van der Waals surface area contributed by atoms with Crippen LogP contribution >= 0.6 is 0 Å². The van der Waals surface area contributed by atoms with Crippen molar-refractivity contribution in [3.05, 3.63) is 0 Å². The van der Waals surface area contributed by atoms with Gasteiger partial charge in [-0.25, -0.2) is 4.79 Å². The molecule has 17 heavy (non-hydrogen) atoms. The third-order valence-corrected chi connectivity index (χ3v) is 4.09. The fraction of sp³-hybridized carbons (Fsp3) is 0.923. The van der Waals surface area contributed by atoms with Crippen LogP contribution in [0.3, 0.4) is 0 Å². The summed E-state index contributed by atoms with van der Waals surface area (Å²) in [7, 11) is 0. The quantitative estimate of drug-likeness (QED) is 0.784. The number of carbonyl (C=O) groups is 1. The molecule has 2 fully saturated rings. The van der Waals surface area contributed by atoms with E-state index in [4.69, 9.17) is 5.73 Å². The molecule has 2 aliphatic rings. The van der Waals surface area contributed by atoms with E-state index in [2.05, 4.69) is 5.32 Å². The lowest BCUT2D eigenvalue weighted by Gasteiger charge is -2.26. The van der Waals surface area contributed by atoms with Crippen LogP contribution in [0.5, 0.6) is 0 Å². The minimum Gasteiger partial charge on any atom is -0.333 e. The lowest BCUT2D eigenvalue weighted by molar-refractivity contribution is 0.216. The average molecular weight is 239 g/mol. The summed E-state index contributed by atoms with van der Waals surface area (Å²) in [5.74, 6) is 0.702. The van der Waals surface area contributed by atoms with Gasteiger partial charge < -0.3 is 16.0 Å². The number of rotatable bonds is 4. The molecule has 1 aliphatic carbocycles. The number of nitrogens with two attached hydrogens (primary N) is 1. The number of nitrogens with one attached hydrogen (secondary N) is 1. The first-order valence-corrected chi connectivity index (χ1v) is 6.98. The highest BCUT2D eigenvalue weighted by Gasteiger charge is 2.34. The first-order valence-electron chi connectivity index (χ1n) is 6.98. The Labute approximate surface area is 104 Å². The van der Waals surface area contributed by atoms with Crippen LogP contribution in [-0.4, -0.2) is 36.1 Å². The van der Waals surface area contributed by atoms with Gasteiger partial charge in [0.05, 0.1) is 6.04 Å². The zero-order valence-electron chi connectivity index (χ0n) is 10.8. The molecule has 2 unspecified atom stereocenters. The Bertz CT molecular complexity index is 261. The molecule has 0 aromatic carbocycles. The molecule has 4 nitrogen and oxygen atoms in total. The largest absolute Gasteiger partial charge is 0.333 e. The second kappa shape index (κ2) is 5.71. The molecule has 2 rings (SSSR count). The van der Waals surface area contributed by atoms with Crippen molar-refractivity contribution in [3.63, 3.8) is 0 Å². The molecular formula is C13H25N3O. The van der Waals surface area contributed by atoms with Crippen molar-refractivity contribution in [2.75, 3.05) is 13.1 Å². The number of hydrogen-bond donors (Lipinski definition) is 2. The summed E-state index contributed by atoms with van der Waals surface area (Å²) in [4.78, 5) is 13.7. The number of urea groups is 1. The van der Waals surface area contributed by atoms with E-state index in [0.717, 1.165) is 19.5 Å². The van der Waals surface area contributed by atoms with E-state index in [-0.39, 0.29) is 12.1 Å². The van der Waals surface area contributed by atoms with E-state index in [1.807, 2.05) is 11.8 Å². The van der Waals surface area contributed by atoms with E-state index in [9.17, 15) is 4.79 Å². The van der Waals surface area contributed by atoms with E-state index in [1.165, 1.54) is 32.1 Å². The molecule has 4 heteroatoms. The molecular weight excluding hydrogens is 214 g/mol. The molecule has 3 N–H and O–H groups in total. The van der Waals surface area contributed by atoms with Crippen LogP contribution in [0.1, 0.15) is 45.4 Å². The van der Waals surface area contributed by atoms with Gasteiger partial charge in [-0.05, 0) is 32.1 Å². The Hall–Kier alpha value is -0.770. The summed E-state index contributed by atoms with van der Waals surface area (Å²) >= 11 is 0. The van der Waals surface area contributed by atoms with Gasteiger partial charge in [0.2, 0.25) is 0 Å². The lowest BCUT2D eigenvalue weighted by Crippen LogP contribution is -2.35. The van der Waals surface area contributed by atoms with Gasteiger partial charge in [-0.15, -0.1) is 0 Å². The highest BCUT2D eigenvalue weighted by atomic mass is 16.2. The standard InChI is InChI=1S/C13H25N3O/c1-10(14)7-8-16-9-12(15-13(16)17)11-5-3-2-4-6-11/h10-12H,2-9,14H2,1H3,(H,15,17). The molecule has 1 aliphatic heterocycles. The van der Waals surface area contributed by atoms with Gasteiger partial charge in [0.1, 0.15) is 0 Å². The Balaban J connectivity index is 1.81. The van der Waals surface area contributed by atoms with E-state index >= 15 is 0 Å². The maximum Gasteiger partial charge on any atom is 0.317 e. The third-order valence-electron chi connectivity index (χ3n) is 4.09. The van der Waals surface area contributed by atoms with Crippen LogP contribution in [0.15, 0.2) is 0 Å². The molecule has 0 radical (unpaired) electrons.